The number of benzene rings is 3. The van der Waals surface area contributed by atoms with Crippen LogP contribution in [0.2, 0.25) is 0 Å². The van der Waals surface area contributed by atoms with Crippen LogP contribution in [0.15, 0.2) is 91.0 Å². The van der Waals surface area contributed by atoms with E-state index in [1.807, 2.05) is 94.5 Å². The van der Waals surface area contributed by atoms with E-state index in [1.54, 1.807) is 4.68 Å². The van der Waals surface area contributed by atoms with Crippen LogP contribution in [0.4, 0.5) is 0 Å². The lowest BCUT2D eigenvalue weighted by Crippen LogP contribution is -2.36. The monoisotopic (exact) mass is 499 g/mol. The highest BCUT2D eigenvalue weighted by Crippen LogP contribution is 2.34. The molecule has 3 aromatic carbocycles. The standard InChI is InChI=1S/C31H37N3O3/c1-31(2,3)36-23-26(35)21-34(20-24-14-8-5-9-15-24)22-28-29(25-16-10-6-11-17-25)32-33(4)30(28)37-27-18-12-7-13-19-27/h5-19,26,35H,20-23H2,1-4H3/t26-/m0/s1. The fourth-order valence-corrected chi connectivity index (χ4v) is 4.20. The van der Waals surface area contributed by atoms with Gasteiger partial charge in [-0.3, -0.25) is 4.90 Å². The molecule has 0 radical (unpaired) electrons. The molecule has 0 saturated heterocycles. The van der Waals surface area contributed by atoms with Gasteiger partial charge >= 0.3 is 0 Å². The third-order valence-corrected chi connectivity index (χ3v) is 5.90. The van der Waals surface area contributed by atoms with Gasteiger partial charge in [0.1, 0.15) is 11.4 Å². The van der Waals surface area contributed by atoms with E-state index in [0.717, 1.165) is 22.6 Å². The Morgan fingerprint density at radius 3 is 2.08 bits per heavy atom. The van der Waals surface area contributed by atoms with E-state index in [-0.39, 0.29) is 12.2 Å². The number of rotatable bonds is 11. The second-order valence-electron chi connectivity index (χ2n) is 10.3. The van der Waals surface area contributed by atoms with E-state index >= 15 is 0 Å². The van der Waals surface area contributed by atoms with Crippen molar-refractivity contribution in [3.8, 4) is 22.9 Å². The molecule has 0 saturated carbocycles. The highest BCUT2D eigenvalue weighted by molar-refractivity contribution is 5.65. The Bertz CT molecular complexity index is 1240. The Hall–Kier alpha value is -3.45. The number of ether oxygens (including phenoxy) is 2. The average Bonchev–Trinajstić information content (AvgIpc) is 3.19. The zero-order valence-corrected chi connectivity index (χ0v) is 22.2. The summed E-state index contributed by atoms with van der Waals surface area (Å²) in [5, 5.41) is 15.8. The van der Waals surface area contributed by atoms with Crippen molar-refractivity contribution in [3.05, 3.63) is 102 Å². The lowest BCUT2D eigenvalue weighted by atomic mass is 10.1. The smallest absolute Gasteiger partial charge is 0.222 e. The quantitative estimate of drug-likeness (QED) is 0.272. The van der Waals surface area contributed by atoms with E-state index < -0.39 is 6.10 Å². The van der Waals surface area contributed by atoms with Crippen LogP contribution in [0, 0.1) is 0 Å². The summed E-state index contributed by atoms with van der Waals surface area (Å²) in [6.45, 7) is 7.91. The number of aliphatic hydroxyl groups excluding tert-OH is 1. The van der Waals surface area contributed by atoms with Crippen molar-refractivity contribution in [2.75, 3.05) is 13.2 Å². The van der Waals surface area contributed by atoms with E-state index in [4.69, 9.17) is 14.6 Å². The van der Waals surface area contributed by atoms with Crippen molar-refractivity contribution >= 4 is 0 Å². The average molecular weight is 500 g/mol. The summed E-state index contributed by atoms with van der Waals surface area (Å²) in [5.41, 5.74) is 3.71. The summed E-state index contributed by atoms with van der Waals surface area (Å²) in [6.07, 6.45) is -0.640. The van der Waals surface area contributed by atoms with Crippen LogP contribution in [-0.2, 0) is 24.9 Å². The molecule has 0 aliphatic heterocycles. The fourth-order valence-electron chi connectivity index (χ4n) is 4.20. The van der Waals surface area contributed by atoms with Gasteiger partial charge in [-0.25, -0.2) is 4.68 Å². The molecule has 6 heteroatoms. The number of aliphatic hydroxyl groups is 1. The predicted octanol–water partition coefficient (Wildman–Crippen LogP) is 6.06. The van der Waals surface area contributed by atoms with Gasteiger partial charge in [0.15, 0.2) is 0 Å². The highest BCUT2D eigenvalue weighted by atomic mass is 16.5. The summed E-state index contributed by atoms with van der Waals surface area (Å²) in [4.78, 5) is 2.23. The predicted molar refractivity (Wildman–Crippen MR) is 147 cm³/mol. The lowest BCUT2D eigenvalue weighted by molar-refractivity contribution is -0.0573. The molecule has 0 spiro atoms. The summed E-state index contributed by atoms with van der Waals surface area (Å²) < 4.78 is 14.0. The van der Waals surface area contributed by atoms with Gasteiger partial charge in [0.05, 0.1) is 23.9 Å². The molecule has 1 aromatic heterocycles. The summed E-state index contributed by atoms with van der Waals surface area (Å²) in [7, 11) is 1.90. The van der Waals surface area contributed by atoms with Gasteiger partial charge in [0, 0.05) is 32.2 Å². The number of para-hydroxylation sites is 1. The van der Waals surface area contributed by atoms with Gasteiger partial charge < -0.3 is 14.6 Å². The second-order valence-corrected chi connectivity index (χ2v) is 10.3. The third-order valence-electron chi connectivity index (χ3n) is 5.90. The maximum Gasteiger partial charge on any atom is 0.222 e. The van der Waals surface area contributed by atoms with Crippen molar-refractivity contribution in [1.29, 1.82) is 0 Å². The molecule has 1 N–H and O–H groups in total. The van der Waals surface area contributed by atoms with Gasteiger partial charge in [-0.05, 0) is 38.5 Å². The molecule has 4 rings (SSSR count). The minimum Gasteiger partial charge on any atom is -0.439 e. The van der Waals surface area contributed by atoms with Crippen LogP contribution in [0.25, 0.3) is 11.3 Å². The Balaban J connectivity index is 1.68. The van der Waals surface area contributed by atoms with Crippen LogP contribution >= 0.6 is 0 Å². The molecule has 0 bridgehead atoms. The van der Waals surface area contributed by atoms with Crippen molar-refractivity contribution in [1.82, 2.24) is 14.7 Å². The largest absolute Gasteiger partial charge is 0.439 e. The first-order valence-corrected chi connectivity index (χ1v) is 12.7. The first-order valence-electron chi connectivity index (χ1n) is 12.7. The Labute approximate surface area is 220 Å². The number of nitrogens with zero attached hydrogens (tertiary/aromatic N) is 3. The zero-order chi connectivity index (χ0) is 26.3. The summed E-state index contributed by atoms with van der Waals surface area (Å²) in [5.74, 6) is 1.43. The zero-order valence-electron chi connectivity index (χ0n) is 22.2. The van der Waals surface area contributed by atoms with E-state index in [9.17, 15) is 5.11 Å². The lowest BCUT2D eigenvalue weighted by Gasteiger charge is -2.28. The molecule has 1 heterocycles. The molecular formula is C31H37N3O3. The topological polar surface area (TPSA) is 59.8 Å². The van der Waals surface area contributed by atoms with Gasteiger partial charge in [0.25, 0.3) is 0 Å². The maximum absolute atomic E-state index is 10.9. The number of aryl methyl sites for hydroxylation is 1. The molecule has 0 amide bonds. The van der Waals surface area contributed by atoms with E-state index in [2.05, 4.69) is 29.2 Å². The van der Waals surface area contributed by atoms with E-state index in [0.29, 0.717) is 25.5 Å². The molecule has 194 valence electrons. The van der Waals surface area contributed by atoms with Gasteiger partial charge in [-0.2, -0.15) is 5.10 Å². The normalized spacial score (nSPS) is 12.6. The van der Waals surface area contributed by atoms with Crippen LogP contribution in [0.5, 0.6) is 11.6 Å². The molecule has 6 nitrogen and oxygen atoms in total. The van der Waals surface area contributed by atoms with Crippen LogP contribution in [-0.4, -0.2) is 44.6 Å². The molecule has 4 aromatic rings. The SMILES string of the molecule is Cn1nc(-c2ccccc2)c(CN(Cc2ccccc2)C[C@H](O)COC(C)(C)C)c1Oc1ccccc1. The molecule has 37 heavy (non-hydrogen) atoms. The summed E-state index contributed by atoms with van der Waals surface area (Å²) >= 11 is 0. The van der Waals surface area contributed by atoms with E-state index in [1.165, 1.54) is 5.56 Å². The number of aromatic nitrogens is 2. The van der Waals surface area contributed by atoms with Gasteiger partial charge in [0.2, 0.25) is 5.88 Å². The summed E-state index contributed by atoms with van der Waals surface area (Å²) in [6, 6.07) is 30.2. The second kappa shape index (κ2) is 12.2. The first-order chi connectivity index (χ1) is 17.8. The fraction of sp³-hybridized carbons (Fsp3) is 0.323. The molecule has 0 unspecified atom stereocenters. The molecule has 1 atom stereocenters. The first kappa shape index (κ1) is 26.6. The highest BCUT2D eigenvalue weighted by Gasteiger charge is 2.24. The Kier molecular flexibility index (Phi) is 8.77. The molecule has 0 aliphatic carbocycles. The maximum atomic E-state index is 10.9. The Morgan fingerprint density at radius 2 is 1.46 bits per heavy atom. The molecular weight excluding hydrogens is 462 g/mol. The number of hydrogen-bond acceptors (Lipinski definition) is 5. The third kappa shape index (κ3) is 7.76. The van der Waals surface area contributed by atoms with Crippen LogP contribution < -0.4 is 4.74 Å². The Morgan fingerprint density at radius 1 is 0.865 bits per heavy atom. The van der Waals surface area contributed by atoms with Crippen LogP contribution in [0.1, 0.15) is 31.9 Å². The molecule has 0 fully saturated rings. The van der Waals surface area contributed by atoms with Gasteiger partial charge in [-0.1, -0.05) is 78.9 Å². The van der Waals surface area contributed by atoms with Crippen molar-refractivity contribution in [2.45, 2.75) is 45.6 Å². The minimum atomic E-state index is -0.640. The van der Waals surface area contributed by atoms with Crippen molar-refractivity contribution in [3.63, 3.8) is 0 Å². The molecule has 0 aliphatic rings. The van der Waals surface area contributed by atoms with Crippen LogP contribution in [0.3, 0.4) is 0 Å². The van der Waals surface area contributed by atoms with Gasteiger partial charge in [-0.15, -0.1) is 0 Å². The minimum absolute atomic E-state index is 0.265. The van der Waals surface area contributed by atoms with Crippen molar-refractivity contribution in [2.24, 2.45) is 7.05 Å². The number of hydrogen-bond donors (Lipinski definition) is 1. The van der Waals surface area contributed by atoms with Crippen molar-refractivity contribution < 1.29 is 14.6 Å².